The predicted octanol–water partition coefficient (Wildman–Crippen LogP) is 3.55. The first-order valence-corrected chi connectivity index (χ1v) is 7.36. The molecule has 0 fully saturated rings. The Balaban J connectivity index is 1.81. The number of amides is 1. The Hall–Kier alpha value is -2.79. The van der Waals surface area contributed by atoms with Gasteiger partial charge in [-0.25, -0.2) is 0 Å². The summed E-state index contributed by atoms with van der Waals surface area (Å²) in [5.41, 5.74) is 2.23. The van der Waals surface area contributed by atoms with Gasteiger partial charge in [-0.3, -0.25) is 14.8 Å². The van der Waals surface area contributed by atoms with Crippen LogP contribution in [0, 0.1) is 6.08 Å². The molecule has 2 N–H and O–H groups in total. The molecule has 3 aromatic rings. The van der Waals surface area contributed by atoms with E-state index in [1.54, 1.807) is 30.5 Å². The summed E-state index contributed by atoms with van der Waals surface area (Å²) in [6, 6.07) is 11.9. The molecule has 113 valence electrons. The fourth-order valence-corrected chi connectivity index (χ4v) is 2.90. The maximum atomic E-state index is 12.3. The number of hydrogen-bond donors (Lipinski definition) is 2. The smallest absolute Gasteiger partial charge is 0.263 e. The summed E-state index contributed by atoms with van der Waals surface area (Å²) >= 11 is 5.91. The van der Waals surface area contributed by atoms with Crippen LogP contribution in [0.3, 0.4) is 0 Å². The number of carbonyl (C=O) groups is 1. The van der Waals surface area contributed by atoms with Crippen molar-refractivity contribution in [1.29, 1.82) is 0 Å². The molecule has 5 nitrogen and oxygen atoms in total. The highest BCUT2D eigenvalue weighted by Gasteiger charge is 2.36. The summed E-state index contributed by atoms with van der Waals surface area (Å²) in [6.45, 7) is 0. The molecule has 0 saturated heterocycles. The average molecular weight is 325 g/mol. The Bertz CT molecular complexity index is 930. The molecule has 0 spiro atoms. The third-order valence-electron chi connectivity index (χ3n) is 3.86. The van der Waals surface area contributed by atoms with Crippen LogP contribution in [-0.2, 0) is 4.79 Å². The van der Waals surface area contributed by atoms with Crippen LogP contribution in [-0.4, -0.2) is 21.2 Å². The lowest BCUT2D eigenvalue weighted by molar-refractivity contribution is -0.114. The molecule has 0 saturated carbocycles. The van der Waals surface area contributed by atoms with Crippen LogP contribution in [0.4, 0.5) is 5.69 Å². The number of anilines is 1. The van der Waals surface area contributed by atoms with E-state index in [1.807, 2.05) is 18.2 Å². The number of nitrogens with zero attached hydrogens (tertiary/aromatic N) is 2. The van der Waals surface area contributed by atoms with Crippen molar-refractivity contribution in [3.63, 3.8) is 0 Å². The van der Waals surface area contributed by atoms with E-state index in [0.717, 1.165) is 16.5 Å². The van der Waals surface area contributed by atoms with Gasteiger partial charge >= 0.3 is 0 Å². The molecular formula is C17H11ClN3O2. The zero-order chi connectivity index (χ0) is 16.0. The van der Waals surface area contributed by atoms with Crippen molar-refractivity contribution in [2.75, 3.05) is 4.90 Å². The van der Waals surface area contributed by atoms with Gasteiger partial charge < -0.3 is 5.11 Å². The van der Waals surface area contributed by atoms with Crippen LogP contribution in [0.2, 0.25) is 5.02 Å². The maximum Gasteiger partial charge on any atom is 0.263 e. The van der Waals surface area contributed by atoms with Crippen molar-refractivity contribution in [2.45, 2.75) is 6.04 Å². The molecule has 1 aromatic heterocycles. The van der Waals surface area contributed by atoms with Gasteiger partial charge in [0.1, 0.15) is 11.8 Å². The van der Waals surface area contributed by atoms with Crippen LogP contribution in [0.5, 0.6) is 0 Å². The molecule has 2 heterocycles. The molecular weight excluding hydrogens is 314 g/mol. The van der Waals surface area contributed by atoms with E-state index in [2.05, 4.69) is 16.3 Å². The average Bonchev–Trinajstić information content (AvgIpc) is 3.11. The Morgan fingerprint density at radius 3 is 2.78 bits per heavy atom. The molecule has 1 aliphatic heterocycles. The molecule has 1 atom stereocenters. The van der Waals surface area contributed by atoms with E-state index in [1.165, 1.54) is 4.90 Å². The van der Waals surface area contributed by atoms with Crippen molar-refractivity contribution < 1.29 is 9.90 Å². The summed E-state index contributed by atoms with van der Waals surface area (Å²) in [4.78, 5) is 13.8. The fraction of sp³-hybridized carbons (Fsp3) is 0.0588. The number of benzene rings is 2. The predicted molar refractivity (Wildman–Crippen MR) is 87.2 cm³/mol. The van der Waals surface area contributed by atoms with Gasteiger partial charge in [0.2, 0.25) is 0 Å². The van der Waals surface area contributed by atoms with Crippen LogP contribution >= 0.6 is 11.6 Å². The second kappa shape index (κ2) is 5.14. The van der Waals surface area contributed by atoms with Gasteiger partial charge in [0.05, 0.1) is 17.8 Å². The van der Waals surface area contributed by atoms with Crippen molar-refractivity contribution in [3.05, 3.63) is 71.1 Å². The summed E-state index contributed by atoms with van der Waals surface area (Å²) in [6.07, 6.45) is 4.18. The molecule has 1 aliphatic rings. The summed E-state index contributed by atoms with van der Waals surface area (Å²) in [5.74, 6) is -0.497. The fourth-order valence-electron chi connectivity index (χ4n) is 2.77. The Labute approximate surface area is 136 Å². The molecule has 1 amide bonds. The number of nitrogens with one attached hydrogen (secondary N) is 1. The van der Waals surface area contributed by atoms with Gasteiger partial charge in [-0.1, -0.05) is 23.7 Å². The Morgan fingerprint density at radius 1 is 1.22 bits per heavy atom. The number of aromatic nitrogens is 2. The minimum absolute atomic E-state index is 0.109. The van der Waals surface area contributed by atoms with Gasteiger partial charge in [0, 0.05) is 16.1 Å². The van der Waals surface area contributed by atoms with Crippen molar-refractivity contribution in [3.8, 4) is 0 Å². The lowest BCUT2D eigenvalue weighted by Gasteiger charge is -2.26. The Morgan fingerprint density at radius 2 is 2.00 bits per heavy atom. The number of aliphatic hydroxyl groups is 1. The number of aromatic amines is 1. The van der Waals surface area contributed by atoms with Gasteiger partial charge in [-0.2, -0.15) is 5.10 Å². The number of H-pyrrole nitrogens is 1. The van der Waals surface area contributed by atoms with Gasteiger partial charge in [0.25, 0.3) is 5.91 Å². The minimum Gasteiger partial charge on any atom is -0.509 e. The number of halogens is 1. The molecule has 0 bridgehead atoms. The second-order valence-electron chi connectivity index (χ2n) is 5.28. The Kier molecular flexibility index (Phi) is 3.09. The summed E-state index contributed by atoms with van der Waals surface area (Å²) in [5, 5.41) is 18.6. The van der Waals surface area contributed by atoms with Crippen LogP contribution in [0.1, 0.15) is 11.6 Å². The normalized spacial score (nSPS) is 17.8. The molecule has 23 heavy (non-hydrogen) atoms. The van der Waals surface area contributed by atoms with Crippen molar-refractivity contribution in [1.82, 2.24) is 10.2 Å². The minimum atomic E-state index is -0.611. The van der Waals surface area contributed by atoms with Crippen LogP contribution in [0.25, 0.3) is 10.9 Å². The third-order valence-corrected chi connectivity index (χ3v) is 4.11. The van der Waals surface area contributed by atoms with Gasteiger partial charge in [0.15, 0.2) is 0 Å². The second-order valence-corrected chi connectivity index (χ2v) is 5.72. The quantitative estimate of drug-likeness (QED) is 0.757. The summed E-state index contributed by atoms with van der Waals surface area (Å²) in [7, 11) is 0. The van der Waals surface area contributed by atoms with E-state index in [4.69, 9.17) is 11.6 Å². The monoisotopic (exact) mass is 324 g/mol. The highest BCUT2D eigenvalue weighted by molar-refractivity contribution is 6.30. The number of rotatable bonds is 2. The first-order valence-electron chi connectivity index (χ1n) is 6.98. The van der Waals surface area contributed by atoms with E-state index in [9.17, 15) is 9.90 Å². The molecule has 4 rings (SSSR count). The summed E-state index contributed by atoms with van der Waals surface area (Å²) < 4.78 is 0. The number of fused-ring (bicyclic) bond motifs is 1. The van der Waals surface area contributed by atoms with Crippen molar-refractivity contribution in [2.24, 2.45) is 0 Å². The first kappa shape index (κ1) is 13.8. The molecule has 0 aliphatic carbocycles. The van der Waals surface area contributed by atoms with E-state index < -0.39 is 6.04 Å². The van der Waals surface area contributed by atoms with E-state index in [-0.39, 0.29) is 11.7 Å². The van der Waals surface area contributed by atoms with E-state index in [0.29, 0.717) is 10.7 Å². The molecule has 2 aromatic carbocycles. The standard InChI is InChI=1S/C17H11ClN3O2/c18-12-4-1-10(2-5-12)17-15(22)8-16(23)21(17)13-6-3-11-9-19-20-14(11)7-13/h1-7,9,17,22H,(H,19,20). The molecule has 1 unspecified atom stereocenters. The zero-order valence-corrected chi connectivity index (χ0v) is 12.6. The zero-order valence-electron chi connectivity index (χ0n) is 11.8. The van der Waals surface area contributed by atoms with Gasteiger partial charge in [-0.05, 0) is 35.9 Å². The largest absolute Gasteiger partial charge is 0.509 e. The number of carbonyl (C=O) groups excluding carboxylic acids is 1. The van der Waals surface area contributed by atoms with Gasteiger partial charge in [-0.15, -0.1) is 0 Å². The highest BCUT2D eigenvalue weighted by Crippen LogP contribution is 2.37. The maximum absolute atomic E-state index is 12.3. The lowest BCUT2D eigenvalue weighted by Crippen LogP contribution is -2.29. The SMILES string of the molecule is O=C1[C]=C(O)C(c2ccc(Cl)cc2)N1c1ccc2cn[nH]c2c1. The lowest BCUT2D eigenvalue weighted by atomic mass is 10.0. The van der Waals surface area contributed by atoms with Crippen LogP contribution in [0.15, 0.2) is 54.4 Å². The van der Waals surface area contributed by atoms with E-state index >= 15 is 0 Å². The highest BCUT2D eigenvalue weighted by atomic mass is 35.5. The van der Waals surface area contributed by atoms with Crippen LogP contribution < -0.4 is 4.90 Å². The first-order chi connectivity index (χ1) is 11.1. The number of aliphatic hydroxyl groups excluding tert-OH is 1. The molecule has 6 heteroatoms. The molecule has 1 radical (unpaired) electrons. The number of hydrogen-bond acceptors (Lipinski definition) is 3. The third kappa shape index (κ3) is 2.26. The van der Waals surface area contributed by atoms with Crippen molar-refractivity contribution >= 4 is 34.1 Å². The topological polar surface area (TPSA) is 69.2 Å².